The molecule has 0 saturated heterocycles. The van der Waals surface area contributed by atoms with Crippen molar-refractivity contribution in [3.8, 4) is 0 Å². The van der Waals surface area contributed by atoms with E-state index in [0.29, 0.717) is 5.54 Å². The minimum absolute atomic E-state index is 0.453. The molecule has 0 amide bonds. The monoisotopic (exact) mass is 198 g/mol. The molecular formula is C12H26N2. The molecule has 1 N–H and O–H groups in total. The molecule has 0 atom stereocenters. The molecule has 0 unspecified atom stereocenters. The average molecular weight is 198 g/mol. The van der Waals surface area contributed by atoms with Gasteiger partial charge in [-0.15, -0.1) is 0 Å². The lowest BCUT2D eigenvalue weighted by molar-refractivity contribution is 0.153. The van der Waals surface area contributed by atoms with Crippen molar-refractivity contribution < 1.29 is 0 Å². The maximum Gasteiger partial charge on any atom is 0.0327 e. The average Bonchev–Trinajstić information content (AvgIpc) is 2.53. The number of hydrogen-bond donors (Lipinski definition) is 1. The van der Waals surface area contributed by atoms with Crippen molar-refractivity contribution >= 4 is 0 Å². The first kappa shape index (κ1) is 12.0. The Labute approximate surface area is 89.1 Å². The number of nitrogens with one attached hydrogen (secondary N) is 1. The van der Waals surface area contributed by atoms with Crippen LogP contribution in [0.2, 0.25) is 0 Å². The summed E-state index contributed by atoms with van der Waals surface area (Å²) in [4.78, 5) is 2.42. The third-order valence-electron chi connectivity index (χ3n) is 3.49. The molecule has 0 spiro atoms. The van der Waals surface area contributed by atoms with Crippen LogP contribution in [0.4, 0.5) is 0 Å². The van der Waals surface area contributed by atoms with E-state index in [-0.39, 0.29) is 0 Å². The van der Waals surface area contributed by atoms with Crippen molar-refractivity contribution in [2.75, 3.05) is 27.2 Å². The van der Waals surface area contributed by atoms with Gasteiger partial charge in [0, 0.05) is 12.1 Å². The second-order valence-corrected chi connectivity index (χ2v) is 5.35. The first-order valence-corrected chi connectivity index (χ1v) is 5.95. The fraction of sp³-hybridized carbons (Fsp3) is 1.00. The van der Waals surface area contributed by atoms with E-state index in [4.69, 9.17) is 0 Å². The van der Waals surface area contributed by atoms with Gasteiger partial charge in [-0.2, -0.15) is 0 Å². The van der Waals surface area contributed by atoms with Crippen LogP contribution in [0.15, 0.2) is 0 Å². The number of rotatable bonds is 5. The summed E-state index contributed by atoms with van der Waals surface area (Å²) in [5.41, 5.74) is 0.453. The van der Waals surface area contributed by atoms with Crippen LogP contribution in [0.1, 0.15) is 39.5 Å². The van der Waals surface area contributed by atoms with Crippen LogP contribution in [-0.2, 0) is 0 Å². The van der Waals surface area contributed by atoms with Gasteiger partial charge in [0.05, 0.1) is 0 Å². The lowest BCUT2D eigenvalue weighted by Gasteiger charge is -2.36. The van der Waals surface area contributed by atoms with E-state index < -0.39 is 0 Å². The van der Waals surface area contributed by atoms with Gasteiger partial charge in [-0.25, -0.2) is 0 Å². The smallest absolute Gasteiger partial charge is 0.0327 e. The van der Waals surface area contributed by atoms with Crippen LogP contribution in [-0.4, -0.2) is 37.6 Å². The topological polar surface area (TPSA) is 15.3 Å². The molecule has 0 aromatic heterocycles. The Morgan fingerprint density at radius 2 is 1.79 bits per heavy atom. The second-order valence-electron chi connectivity index (χ2n) is 5.35. The first-order chi connectivity index (χ1) is 6.57. The van der Waals surface area contributed by atoms with E-state index in [1.54, 1.807) is 0 Å². The summed E-state index contributed by atoms with van der Waals surface area (Å²) in [5.74, 6) is 0.760. The molecule has 1 fully saturated rings. The van der Waals surface area contributed by atoms with E-state index >= 15 is 0 Å². The van der Waals surface area contributed by atoms with Gasteiger partial charge in [0.1, 0.15) is 0 Å². The maximum atomic E-state index is 3.61. The van der Waals surface area contributed by atoms with E-state index in [9.17, 15) is 0 Å². The summed E-state index contributed by atoms with van der Waals surface area (Å²) < 4.78 is 0. The highest BCUT2D eigenvalue weighted by atomic mass is 15.2. The Bertz CT molecular complexity index is 158. The van der Waals surface area contributed by atoms with Gasteiger partial charge in [0.2, 0.25) is 0 Å². The highest BCUT2D eigenvalue weighted by Crippen LogP contribution is 2.32. The molecule has 1 rings (SSSR count). The Kier molecular flexibility index (Phi) is 4.39. The van der Waals surface area contributed by atoms with Crippen molar-refractivity contribution in [2.24, 2.45) is 5.92 Å². The highest BCUT2D eigenvalue weighted by Gasteiger charge is 2.35. The van der Waals surface area contributed by atoms with Gasteiger partial charge >= 0.3 is 0 Å². The van der Waals surface area contributed by atoms with Gasteiger partial charge in [0.15, 0.2) is 0 Å². The molecule has 2 heteroatoms. The number of hydrogen-bond acceptors (Lipinski definition) is 2. The van der Waals surface area contributed by atoms with Crippen LogP contribution in [0.3, 0.4) is 0 Å². The molecule has 0 radical (unpaired) electrons. The van der Waals surface area contributed by atoms with Crippen molar-refractivity contribution in [1.29, 1.82) is 0 Å². The zero-order valence-corrected chi connectivity index (χ0v) is 10.3. The van der Waals surface area contributed by atoms with Crippen LogP contribution in [0.5, 0.6) is 0 Å². The van der Waals surface area contributed by atoms with Gasteiger partial charge in [0.25, 0.3) is 0 Å². The zero-order chi connectivity index (χ0) is 10.6. The first-order valence-electron chi connectivity index (χ1n) is 5.95. The lowest BCUT2D eigenvalue weighted by atomic mass is 9.96. The summed E-state index contributed by atoms with van der Waals surface area (Å²) in [6, 6.07) is 0. The summed E-state index contributed by atoms with van der Waals surface area (Å²) in [6.45, 7) is 6.85. The molecule has 0 heterocycles. The molecule has 0 aliphatic heterocycles. The molecule has 84 valence electrons. The summed E-state index contributed by atoms with van der Waals surface area (Å²) >= 11 is 0. The normalized spacial score (nSPS) is 21.0. The van der Waals surface area contributed by atoms with Crippen LogP contribution in [0.25, 0.3) is 0 Å². The van der Waals surface area contributed by atoms with Gasteiger partial charge in [-0.1, -0.05) is 26.7 Å². The minimum Gasteiger partial charge on any atom is -0.315 e. The van der Waals surface area contributed by atoms with Gasteiger partial charge in [-0.3, -0.25) is 0 Å². The third-order valence-corrected chi connectivity index (χ3v) is 3.49. The summed E-state index contributed by atoms with van der Waals surface area (Å²) in [6.07, 6.45) is 5.54. The molecule has 1 aliphatic carbocycles. The van der Waals surface area contributed by atoms with Crippen molar-refractivity contribution in [2.45, 2.75) is 45.1 Å². The Morgan fingerprint density at radius 3 is 2.21 bits per heavy atom. The summed E-state index contributed by atoms with van der Waals surface area (Å²) in [5, 5.41) is 3.61. The van der Waals surface area contributed by atoms with Gasteiger partial charge < -0.3 is 10.2 Å². The number of nitrogens with zero attached hydrogens (tertiary/aromatic N) is 1. The fourth-order valence-electron chi connectivity index (χ4n) is 2.41. The van der Waals surface area contributed by atoms with Crippen molar-refractivity contribution in [3.63, 3.8) is 0 Å². The molecule has 0 aromatic carbocycles. The van der Waals surface area contributed by atoms with Crippen molar-refractivity contribution in [3.05, 3.63) is 0 Å². The minimum atomic E-state index is 0.453. The second kappa shape index (κ2) is 5.13. The maximum absolute atomic E-state index is 3.61. The lowest BCUT2D eigenvalue weighted by Crippen LogP contribution is -2.50. The van der Waals surface area contributed by atoms with E-state index in [0.717, 1.165) is 19.0 Å². The predicted octanol–water partition coefficient (Wildman–Crippen LogP) is 2.11. The Morgan fingerprint density at radius 1 is 1.21 bits per heavy atom. The van der Waals surface area contributed by atoms with Crippen LogP contribution >= 0.6 is 0 Å². The van der Waals surface area contributed by atoms with Crippen LogP contribution in [0, 0.1) is 5.92 Å². The molecule has 1 aliphatic rings. The molecule has 1 saturated carbocycles. The molecule has 14 heavy (non-hydrogen) atoms. The Hall–Kier alpha value is -0.0800. The largest absolute Gasteiger partial charge is 0.315 e. The fourth-order valence-corrected chi connectivity index (χ4v) is 2.41. The quantitative estimate of drug-likeness (QED) is 0.728. The number of likely N-dealkylation sites (N-methyl/N-ethyl adjacent to an activating group) is 1. The SMILES string of the molecule is CC(C)CNCC1(N(C)C)CCCC1. The molecule has 2 nitrogen and oxygen atoms in total. The van der Waals surface area contributed by atoms with E-state index in [2.05, 4.69) is 38.2 Å². The molecule has 0 bridgehead atoms. The van der Waals surface area contributed by atoms with Crippen LogP contribution < -0.4 is 5.32 Å². The summed E-state index contributed by atoms with van der Waals surface area (Å²) in [7, 11) is 4.45. The zero-order valence-electron chi connectivity index (χ0n) is 10.3. The van der Waals surface area contributed by atoms with Gasteiger partial charge in [-0.05, 0) is 39.4 Å². The van der Waals surface area contributed by atoms with E-state index in [1.807, 2.05) is 0 Å². The van der Waals surface area contributed by atoms with E-state index in [1.165, 1.54) is 25.7 Å². The third kappa shape index (κ3) is 2.96. The standard InChI is InChI=1S/C12H26N2/c1-11(2)9-13-10-12(14(3)4)7-5-6-8-12/h11,13H,5-10H2,1-4H3. The highest BCUT2D eigenvalue weighted by molar-refractivity contribution is 4.94. The molecular weight excluding hydrogens is 172 g/mol. The predicted molar refractivity (Wildman–Crippen MR) is 62.6 cm³/mol. The Balaban J connectivity index is 2.36. The van der Waals surface area contributed by atoms with Crippen molar-refractivity contribution in [1.82, 2.24) is 10.2 Å². The molecule has 0 aromatic rings.